The molecule has 0 saturated heterocycles. The van der Waals surface area contributed by atoms with Crippen LogP contribution in [0.4, 0.5) is 0 Å². The van der Waals surface area contributed by atoms with Crippen molar-refractivity contribution >= 4 is 8.32 Å². The normalized spacial score (nSPS) is 12.0. The maximum Gasteiger partial charge on any atom is 0.186 e. The zero-order valence-electron chi connectivity index (χ0n) is 8.24. The summed E-state index contributed by atoms with van der Waals surface area (Å²) in [6, 6.07) is 1.27. The van der Waals surface area contributed by atoms with E-state index in [1.54, 1.807) is 0 Å². The molecule has 0 aromatic rings. The maximum absolute atomic E-state index is 5.69. The molecule has 1 N–H and O–H groups in total. The van der Waals surface area contributed by atoms with Gasteiger partial charge in [0.2, 0.25) is 0 Å². The molecule has 3 heteroatoms. The SMILES string of the molecule is CCO[Si](C)(C)CCCNC. The third-order valence-electron chi connectivity index (χ3n) is 1.74. The van der Waals surface area contributed by atoms with E-state index < -0.39 is 8.32 Å². The van der Waals surface area contributed by atoms with Gasteiger partial charge in [-0.3, -0.25) is 0 Å². The molecule has 0 saturated carbocycles. The molecule has 0 aliphatic rings. The highest BCUT2D eigenvalue weighted by Gasteiger charge is 2.20. The van der Waals surface area contributed by atoms with Gasteiger partial charge in [0.05, 0.1) is 0 Å². The predicted molar refractivity (Wildman–Crippen MR) is 52.5 cm³/mol. The number of nitrogens with one attached hydrogen (secondary N) is 1. The molecular formula is C8H21NOSi. The van der Waals surface area contributed by atoms with Gasteiger partial charge in [-0.25, -0.2) is 0 Å². The Labute approximate surface area is 71.5 Å². The van der Waals surface area contributed by atoms with Crippen molar-refractivity contribution in [1.29, 1.82) is 0 Å². The Balaban J connectivity index is 3.38. The van der Waals surface area contributed by atoms with Crippen molar-refractivity contribution in [3.63, 3.8) is 0 Å². The van der Waals surface area contributed by atoms with Crippen molar-refractivity contribution in [2.75, 3.05) is 20.2 Å². The lowest BCUT2D eigenvalue weighted by Gasteiger charge is -2.21. The highest BCUT2D eigenvalue weighted by Crippen LogP contribution is 2.12. The first-order chi connectivity index (χ1) is 5.12. The molecule has 0 rings (SSSR count). The van der Waals surface area contributed by atoms with Crippen LogP contribution in [0.2, 0.25) is 19.1 Å². The first kappa shape index (κ1) is 11.1. The molecule has 0 aliphatic carbocycles. The lowest BCUT2D eigenvalue weighted by Crippen LogP contribution is -2.30. The second-order valence-corrected chi connectivity index (χ2v) is 7.71. The first-order valence-electron chi connectivity index (χ1n) is 4.41. The highest BCUT2D eigenvalue weighted by atomic mass is 28.4. The van der Waals surface area contributed by atoms with E-state index in [0.717, 1.165) is 13.2 Å². The summed E-state index contributed by atoms with van der Waals surface area (Å²) in [6.07, 6.45) is 1.25. The first-order valence-corrected chi connectivity index (χ1v) is 7.52. The summed E-state index contributed by atoms with van der Waals surface area (Å²) in [5, 5.41) is 3.15. The van der Waals surface area contributed by atoms with E-state index in [-0.39, 0.29) is 0 Å². The minimum atomic E-state index is -1.28. The molecule has 0 amide bonds. The average molecular weight is 175 g/mol. The summed E-state index contributed by atoms with van der Waals surface area (Å²) in [6.45, 7) is 8.63. The second-order valence-electron chi connectivity index (χ2n) is 3.40. The molecule has 0 radical (unpaired) electrons. The fourth-order valence-electron chi connectivity index (χ4n) is 1.15. The Hall–Kier alpha value is 0.137. The Kier molecular flexibility index (Phi) is 5.82. The lowest BCUT2D eigenvalue weighted by atomic mass is 10.5. The van der Waals surface area contributed by atoms with Crippen LogP contribution in [0.5, 0.6) is 0 Å². The molecule has 0 aromatic heterocycles. The van der Waals surface area contributed by atoms with Gasteiger partial charge in [-0.15, -0.1) is 0 Å². The monoisotopic (exact) mass is 175 g/mol. The van der Waals surface area contributed by atoms with Crippen LogP contribution >= 0.6 is 0 Å². The van der Waals surface area contributed by atoms with Crippen LogP contribution in [-0.2, 0) is 4.43 Å². The molecule has 2 nitrogen and oxygen atoms in total. The highest BCUT2D eigenvalue weighted by molar-refractivity contribution is 6.71. The fraction of sp³-hybridized carbons (Fsp3) is 1.00. The zero-order valence-corrected chi connectivity index (χ0v) is 9.24. The summed E-state index contributed by atoms with van der Waals surface area (Å²) in [5.41, 5.74) is 0. The molecule has 0 spiro atoms. The Morgan fingerprint density at radius 3 is 2.45 bits per heavy atom. The Morgan fingerprint density at radius 2 is 2.00 bits per heavy atom. The van der Waals surface area contributed by atoms with Crippen LogP contribution in [0.15, 0.2) is 0 Å². The molecule has 0 bridgehead atoms. The number of hydrogen-bond acceptors (Lipinski definition) is 2. The van der Waals surface area contributed by atoms with Gasteiger partial charge >= 0.3 is 0 Å². The van der Waals surface area contributed by atoms with E-state index in [9.17, 15) is 0 Å². The fourth-order valence-corrected chi connectivity index (χ4v) is 3.11. The topological polar surface area (TPSA) is 21.3 Å². The number of rotatable bonds is 6. The number of hydrogen-bond donors (Lipinski definition) is 1. The smallest absolute Gasteiger partial charge is 0.186 e. The van der Waals surface area contributed by atoms with E-state index in [0.29, 0.717) is 0 Å². The summed E-state index contributed by atoms with van der Waals surface area (Å²) in [7, 11) is 0.715. The van der Waals surface area contributed by atoms with E-state index in [2.05, 4.69) is 25.3 Å². The molecule has 11 heavy (non-hydrogen) atoms. The van der Waals surface area contributed by atoms with Gasteiger partial charge in [-0.2, -0.15) is 0 Å². The van der Waals surface area contributed by atoms with Crippen molar-refractivity contribution in [2.24, 2.45) is 0 Å². The van der Waals surface area contributed by atoms with Crippen LogP contribution in [0.3, 0.4) is 0 Å². The molecule has 68 valence electrons. The van der Waals surface area contributed by atoms with Gasteiger partial charge < -0.3 is 9.74 Å². The molecule has 0 fully saturated rings. The molecule has 0 aromatic carbocycles. The van der Waals surface area contributed by atoms with Crippen molar-refractivity contribution < 1.29 is 4.43 Å². The largest absolute Gasteiger partial charge is 0.418 e. The summed E-state index contributed by atoms with van der Waals surface area (Å²) >= 11 is 0. The van der Waals surface area contributed by atoms with Gasteiger partial charge in [-0.1, -0.05) is 0 Å². The molecular weight excluding hydrogens is 154 g/mol. The molecule has 0 atom stereocenters. The van der Waals surface area contributed by atoms with E-state index in [1.165, 1.54) is 12.5 Å². The van der Waals surface area contributed by atoms with Gasteiger partial charge in [0.15, 0.2) is 8.32 Å². The average Bonchev–Trinajstić information content (AvgIpc) is 1.87. The van der Waals surface area contributed by atoms with E-state index in [1.807, 2.05) is 7.05 Å². The van der Waals surface area contributed by atoms with Crippen molar-refractivity contribution in [1.82, 2.24) is 5.32 Å². The van der Waals surface area contributed by atoms with Crippen molar-refractivity contribution in [3.8, 4) is 0 Å². The Bertz CT molecular complexity index is 96.1. The minimum Gasteiger partial charge on any atom is -0.418 e. The van der Waals surface area contributed by atoms with Gasteiger partial charge in [-0.05, 0) is 46.1 Å². The molecule has 0 aliphatic heterocycles. The third-order valence-corrected chi connectivity index (χ3v) is 4.37. The summed E-state index contributed by atoms with van der Waals surface area (Å²) < 4.78 is 5.69. The van der Waals surface area contributed by atoms with Crippen LogP contribution in [0.25, 0.3) is 0 Å². The maximum atomic E-state index is 5.69. The Morgan fingerprint density at radius 1 is 1.36 bits per heavy atom. The quantitative estimate of drug-likeness (QED) is 0.491. The van der Waals surface area contributed by atoms with Gasteiger partial charge in [0, 0.05) is 6.61 Å². The zero-order chi connectivity index (χ0) is 8.74. The van der Waals surface area contributed by atoms with E-state index >= 15 is 0 Å². The lowest BCUT2D eigenvalue weighted by molar-refractivity contribution is 0.328. The van der Waals surface area contributed by atoms with Gasteiger partial charge in [0.1, 0.15) is 0 Å². The molecule has 0 unspecified atom stereocenters. The summed E-state index contributed by atoms with van der Waals surface area (Å²) in [4.78, 5) is 0. The minimum absolute atomic E-state index is 0.874. The molecule has 0 heterocycles. The van der Waals surface area contributed by atoms with Crippen LogP contribution in [-0.4, -0.2) is 28.5 Å². The van der Waals surface area contributed by atoms with E-state index in [4.69, 9.17) is 4.43 Å². The van der Waals surface area contributed by atoms with Crippen LogP contribution in [0.1, 0.15) is 13.3 Å². The second kappa shape index (κ2) is 5.74. The standard InChI is InChI=1S/C8H21NOSi/c1-5-10-11(3,4)8-6-7-9-2/h9H,5-8H2,1-4H3. The van der Waals surface area contributed by atoms with Crippen molar-refractivity contribution in [2.45, 2.75) is 32.5 Å². The van der Waals surface area contributed by atoms with Crippen molar-refractivity contribution in [3.05, 3.63) is 0 Å². The van der Waals surface area contributed by atoms with Crippen LogP contribution < -0.4 is 5.32 Å². The summed E-state index contributed by atoms with van der Waals surface area (Å²) in [5.74, 6) is 0. The predicted octanol–water partition coefficient (Wildman–Crippen LogP) is 1.84. The van der Waals surface area contributed by atoms with Gasteiger partial charge in [0.25, 0.3) is 0 Å². The van der Waals surface area contributed by atoms with Crippen LogP contribution in [0, 0.1) is 0 Å². The third kappa shape index (κ3) is 6.53.